The monoisotopic (exact) mass is 323 g/mol. The minimum atomic E-state index is -0.395. The normalized spacial score (nSPS) is 10.6. The summed E-state index contributed by atoms with van der Waals surface area (Å²) in [5.74, 6) is -0.0930. The first kappa shape index (κ1) is 18.8. The molecule has 128 valence electrons. The molecule has 0 unspecified atom stereocenters. The second-order valence-electron chi connectivity index (χ2n) is 5.63. The van der Waals surface area contributed by atoms with Crippen LogP contribution in [0.2, 0.25) is 0 Å². The smallest absolute Gasteiger partial charge is 0.325 e. The maximum Gasteiger partial charge on any atom is 0.325 e. The summed E-state index contributed by atoms with van der Waals surface area (Å²) in [6.45, 7) is 7.06. The third kappa shape index (κ3) is 7.04. The first-order valence-corrected chi connectivity index (χ1v) is 7.59. The Morgan fingerprint density at radius 3 is 1.70 bits per heavy atom. The Kier molecular flexibility index (Phi) is 7.38. The molecule has 1 rings (SSSR count). The molecule has 0 N–H and O–H groups in total. The number of rotatable bonds is 8. The van der Waals surface area contributed by atoms with Crippen molar-refractivity contribution in [2.75, 3.05) is 25.1 Å². The van der Waals surface area contributed by atoms with Crippen molar-refractivity contribution in [1.82, 2.24) is 0 Å². The van der Waals surface area contributed by atoms with Crippen molar-refractivity contribution in [3.8, 4) is 5.75 Å². The molecule has 23 heavy (non-hydrogen) atoms. The van der Waals surface area contributed by atoms with Crippen LogP contribution in [0.4, 0.5) is 5.69 Å². The zero-order valence-corrected chi connectivity index (χ0v) is 14.4. The van der Waals surface area contributed by atoms with E-state index in [-0.39, 0.29) is 25.3 Å². The van der Waals surface area contributed by atoms with Gasteiger partial charge in [0.1, 0.15) is 18.8 Å². The molecule has 0 heterocycles. The number of ether oxygens (including phenoxy) is 3. The van der Waals surface area contributed by atoms with Gasteiger partial charge in [-0.05, 0) is 52.0 Å². The van der Waals surface area contributed by atoms with E-state index in [4.69, 9.17) is 14.2 Å². The number of anilines is 1. The van der Waals surface area contributed by atoms with Crippen molar-refractivity contribution in [1.29, 1.82) is 0 Å². The van der Waals surface area contributed by atoms with E-state index in [1.54, 1.807) is 64.0 Å². The molecular weight excluding hydrogens is 298 g/mol. The molecule has 0 aliphatic heterocycles. The standard InChI is InChI=1S/C17H25NO5/c1-12(2)22-16(19)10-18(11-17(20)23-13(3)4)14-6-8-15(21-5)9-7-14/h6-9,12-13H,10-11H2,1-5H3. The Hall–Kier alpha value is -2.24. The maximum absolute atomic E-state index is 11.9. The van der Waals surface area contributed by atoms with Crippen molar-refractivity contribution < 1.29 is 23.8 Å². The van der Waals surface area contributed by atoms with Crippen LogP contribution in [0.25, 0.3) is 0 Å². The summed E-state index contributed by atoms with van der Waals surface area (Å²) >= 11 is 0. The van der Waals surface area contributed by atoms with Gasteiger partial charge < -0.3 is 19.1 Å². The fourth-order valence-corrected chi connectivity index (χ4v) is 1.94. The molecular formula is C17H25NO5. The molecule has 0 aromatic heterocycles. The molecule has 0 saturated carbocycles. The molecule has 0 spiro atoms. The molecule has 0 radical (unpaired) electrons. The van der Waals surface area contributed by atoms with Crippen LogP contribution in [0.1, 0.15) is 27.7 Å². The second kappa shape index (κ2) is 9.02. The van der Waals surface area contributed by atoms with Crippen LogP contribution >= 0.6 is 0 Å². The quantitative estimate of drug-likeness (QED) is 0.685. The van der Waals surface area contributed by atoms with Crippen LogP contribution < -0.4 is 9.64 Å². The molecule has 0 amide bonds. The second-order valence-corrected chi connectivity index (χ2v) is 5.63. The molecule has 0 fully saturated rings. The zero-order valence-electron chi connectivity index (χ0n) is 14.4. The van der Waals surface area contributed by atoms with E-state index in [2.05, 4.69) is 0 Å². The average molecular weight is 323 g/mol. The summed E-state index contributed by atoms with van der Waals surface area (Å²) in [6.07, 6.45) is -0.411. The predicted octanol–water partition coefficient (Wildman–Crippen LogP) is 2.40. The molecule has 6 heteroatoms. The highest BCUT2D eigenvalue weighted by Gasteiger charge is 2.18. The SMILES string of the molecule is COc1ccc(N(CC(=O)OC(C)C)CC(=O)OC(C)C)cc1. The largest absolute Gasteiger partial charge is 0.497 e. The summed E-state index contributed by atoms with van der Waals surface area (Å²) in [5, 5.41) is 0. The third-order valence-electron chi connectivity index (χ3n) is 2.81. The highest BCUT2D eigenvalue weighted by Crippen LogP contribution is 2.19. The highest BCUT2D eigenvalue weighted by atomic mass is 16.5. The van der Waals surface area contributed by atoms with Gasteiger partial charge in [0.25, 0.3) is 0 Å². The number of methoxy groups -OCH3 is 1. The van der Waals surface area contributed by atoms with Crippen molar-refractivity contribution in [2.45, 2.75) is 39.9 Å². The van der Waals surface area contributed by atoms with E-state index in [9.17, 15) is 9.59 Å². The van der Waals surface area contributed by atoms with Gasteiger partial charge in [0, 0.05) is 5.69 Å². The molecule has 0 bridgehead atoms. The van der Waals surface area contributed by atoms with Gasteiger partial charge in [-0.15, -0.1) is 0 Å². The van der Waals surface area contributed by atoms with E-state index in [1.807, 2.05) is 0 Å². The van der Waals surface area contributed by atoms with Gasteiger partial charge in [-0.2, -0.15) is 0 Å². The van der Waals surface area contributed by atoms with Crippen LogP contribution in [0.5, 0.6) is 5.75 Å². The Labute approximate surface area is 137 Å². The van der Waals surface area contributed by atoms with Gasteiger partial charge in [-0.3, -0.25) is 9.59 Å². The van der Waals surface area contributed by atoms with Crippen LogP contribution in [-0.4, -0.2) is 44.3 Å². The summed E-state index contributed by atoms with van der Waals surface area (Å²) in [5.41, 5.74) is 0.715. The minimum absolute atomic E-state index is 0.0301. The zero-order chi connectivity index (χ0) is 17.4. The molecule has 6 nitrogen and oxygen atoms in total. The summed E-state index contributed by atoms with van der Waals surface area (Å²) in [7, 11) is 1.58. The van der Waals surface area contributed by atoms with Crippen molar-refractivity contribution in [3.05, 3.63) is 24.3 Å². The van der Waals surface area contributed by atoms with E-state index in [1.165, 1.54) is 0 Å². The molecule has 1 aromatic carbocycles. The summed E-state index contributed by atoms with van der Waals surface area (Å²) in [4.78, 5) is 25.5. The summed E-state index contributed by atoms with van der Waals surface area (Å²) in [6, 6.07) is 7.10. The number of esters is 2. The fraction of sp³-hybridized carbons (Fsp3) is 0.529. The minimum Gasteiger partial charge on any atom is -0.497 e. The molecule has 0 atom stereocenters. The topological polar surface area (TPSA) is 65.1 Å². The van der Waals surface area contributed by atoms with Crippen molar-refractivity contribution in [2.24, 2.45) is 0 Å². The Morgan fingerprint density at radius 2 is 1.35 bits per heavy atom. The third-order valence-corrected chi connectivity index (χ3v) is 2.81. The highest BCUT2D eigenvalue weighted by molar-refractivity contribution is 5.81. The lowest BCUT2D eigenvalue weighted by molar-refractivity contribution is -0.146. The van der Waals surface area contributed by atoms with Crippen LogP contribution in [0.15, 0.2) is 24.3 Å². The summed E-state index contributed by atoms with van der Waals surface area (Å²) < 4.78 is 15.4. The lowest BCUT2D eigenvalue weighted by atomic mass is 10.2. The first-order chi connectivity index (χ1) is 10.8. The lowest BCUT2D eigenvalue weighted by Crippen LogP contribution is -2.37. The fourth-order valence-electron chi connectivity index (χ4n) is 1.94. The Morgan fingerprint density at radius 1 is 0.913 bits per heavy atom. The van der Waals surface area contributed by atoms with Gasteiger partial charge in [0.2, 0.25) is 0 Å². The Balaban J connectivity index is 2.85. The number of hydrogen-bond donors (Lipinski definition) is 0. The van der Waals surface area contributed by atoms with Crippen molar-refractivity contribution >= 4 is 17.6 Å². The van der Waals surface area contributed by atoms with Crippen LogP contribution in [-0.2, 0) is 19.1 Å². The lowest BCUT2D eigenvalue weighted by Gasteiger charge is -2.24. The molecule has 1 aromatic rings. The number of benzene rings is 1. The van der Waals surface area contributed by atoms with Gasteiger partial charge in [-0.25, -0.2) is 0 Å². The molecule has 0 saturated heterocycles. The average Bonchev–Trinajstić information content (AvgIpc) is 2.45. The number of nitrogens with zero attached hydrogens (tertiary/aromatic N) is 1. The predicted molar refractivity (Wildman–Crippen MR) is 87.7 cm³/mol. The van der Waals surface area contributed by atoms with Gasteiger partial charge in [-0.1, -0.05) is 0 Å². The number of carbonyl (C=O) groups is 2. The Bertz CT molecular complexity index is 486. The van der Waals surface area contributed by atoms with Crippen molar-refractivity contribution in [3.63, 3.8) is 0 Å². The number of hydrogen-bond acceptors (Lipinski definition) is 6. The van der Waals surface area contributed by atoms with E-state index in [0.717, 1.165) is 0 Å². The van der Waals surface area contributed by atoms with Crippen LogP contribution in [0, 0.1) is 0 Å². The molecule has 0 aliphatic rings. The van der Waals surface area contributed by atoms with Gasteiger partial charge in [0.15, 0.2) is 0 Å². The molecule has 0 aliphatic carbocycles. The van der Waals surface area contributed by atoms with Crippen LogP contribution in [0.3, 0.4) is 0 Å². The van der Waals surface area contributed by atoms with E-state index >= 15 is 0 Å². The maximum atomic E-state index is 11.9. The van der Waals surface area contributed by atoms with Gasteiger partial charge in [0.05, 0.1) is 19.3 Å². The first-order valence-electron chi connectivity index (χ1n) is 7.59. The van der Waals surface area contributed by atoms with Gasteiger partial charge >= 0.3 is 11.9 Å². The van der Waals surface area contributed by atoms with E-state index < -0.39 is 11.9 Å². The van der Waals surface area contributed by atoms with E-state index in [0.29, 0.717) is 11.4 Å². The number of carbonyl (C=O) groups excluding carboxylic acids is 2.